The zero-order valence-electron chi connectivity index (χ0n) is 13.7. The molecule has 3 nitrogen and oxygen atoms in total. The molecule has 0 atom stereocenters. The summed E-state index contributed by atoms with van der Waals surface area (Å²) < 4.78 is 0. The average Bonchev–Trinajstić information content (AvgIpc) is 2.24. The number of nitrogens with one attached hydrogen (secondary N) is 1. The van der Waals surface area contributed by atoms with Crippen molar-refractivity contribution in [1.29, 1.82) is 0 Å². The lowest BCUT2D eigenvalue weighted by Gasteiger charge is -2.45. The van der Waals surface area contributed by atoms with E-state index in [1.165, 1.54) is 19.3 Å². The van der Waals surface area contributed by atoms with Crippen LogP contribution in [0.5, 0.6) is 0 Å². The fourth-order valence-corrected chi connectivity index (χ4v) is 3.91. The summed E-state index contributed by atoms with van der Waals surface area (Å²) in [6.45, 7) is 15.5. The number of nitrogens with zero attached hydrogens (tertiary/aromatic N) is 1. The number of rotatable bonds is 5. The molecule has 1 fully saturated rings. The Kier molecular flexibility index (Phi) is 5.43. The van der Waals surface area contributed by atoms with Crippen LogP contribution in [0.25, 0.3) is 0 Å². The molecular formula is C16H32N2O. The van der Waals surface area contributed by atoms with Gasteiger partial charge in [-0.25, -0.2) is 0 Å². The first kappa shape index (κ1) is 16.5. The van der Waals surface area contributed by atoms with E-state index < -0.39 is 0 Å². The van der Waals surface area contributed by atoms with E-state index >= 15 is 0 Å². The molecule has 0 saturated heterocycles. The molecule has 1 N–H and O–H groups in total. The monoisotopic (exact) mass is 268 g/mol. The summed E-state index contributed by atoms with van der Waals surface area (Å²) in [5.74, 6) is 0.228. The van der Waals surface area contributed by atoms with Gasteiger partial charge in [-0.3, -0.25) is 4.79 Å². The van der Waals surface area contributed by atoms with Crippen LogP contribution in [0, 0.1) is 10.8 Å². The third kappa shape index (κ3) is 5.13. The summed E-state index contributed by atoms with van der Waals surface area (Å²) in [6, 6.07) is 0.471. The molecule has 1 aliphatic carbocycles. The van der Waals surface area contributed by atoms with Gasteiger partial charge in [0.1, 0.15) is 0 Å². The maximum atomic E-state index is 12.0. The minimum atomic E-state index is 0.228. The topological polar surface area (TPSA) is 32.3 Å². The minimum absolute atomic E-state index is 0.228. The van der Waals surface area contributed by atoms with Crippen molar-refractivity contribution in [2.45, 2.75) is 66.8 Å². The van der Waals surface area contributed by atoms with Crippen LogP contribution < -0.4 is 5.32 Å². The summed E-state index contributed by atoms with van der Waals surface area (Å²) in [7, 11) is 0. The lowest BCUT2D eigenvalue weighted by molar-refractivity contribution is -0.130. The van der Waals surface area contributed by atoms with Crippen molar-refractivity contribution >= 4 is 5.91 Å². The quantitative estimate of drug-likeness (QED) is 0.831. The number of carbonyl (C=O) groups is 1. The number of hydrogen-bond donors (Lipinski definition) is 1. The molecule has 0 aliphatic heterocycles. The average molecular weight is 268 g/mol. The van der Waals surface area contributed by atoms with Crippen molar-refractivity contribution in [1.82, 2.24) is 10.2 Å². The predicted octanol–water partition coefficient (Wildman–Crippen LogP) is 3.05. The van der Waals surface area contributed by atoms with E-state index in [1.807, 2.05) is 18.7 Å². The van der Waals surface area contributed by atoms with Gasteiger partial charge < -0.3 is 10.2 Å². The molecular weight excluding hydrogens is 236 g/mol. The first-order chi connectivity index (χ1) is 8.69. The highest BCUT2D eigenvalue weighted by Gasteiger charge is 2.38. The highest BCUT2D eigenvalue weighted by atomic mass is 16.2. The third-order valence-corrected chi connectivity index (χ3v) is 4.21. The van der Waals surface area contributed by atoms with Crippen molar-refractivity contribution in [3.63, 3.8) is 0 Å². The van der Waals surface area contributed by atoms with Crippen molar-refractivity contribution in [2.24, 2.45) is 10.8 Å². The van der Waals surface area contributed by atoms with E-state index in [9.17, 15) is 4.79 Å². The molecule has 1 rings (SSSR count). The highest BCUT2D eigenvalue weighted by Crippen LogP contribution is 2.45. The Bertz CT molecular complexity index is 290. The minimum Gasteiger partial charge on any atom is -0.342 e. The molecule has 0 spiro atoms. The molecule has 112 valence electrons. The lowest BCUT2D eigenvalue weighted by atomic mass is 9.63. The summed E-state index contributed by atoms with van der Waals surface area (Å²) in [5, 5.41) is 3.49. The van der Waals surface area contributed by atoms with Gasteiger partial charge >= 0.3 is 0 Å². The maximum Gasteiger partial charge on any atom is 0.236 e. The zero-order valence-corrected chi connectivity index (χ0v) is 13.7. The fraction of sp³-hybridized carbons (Fsp3) is 0.938. The van der Waals surface area contributed by atoms with Crippen LogP contribution in [0.1, 0.15) is 60.8 Å². The van der Waals surface area contributed by atoms with Crippen molar-refractivity contribution in [3.8, 4) is 0 Å². The van der Waals surface area contributed by atoms with Gasteiger partial charge in [0.05, 0.1) is 6.54 Å². The van der Waals surface area contributed by atoms with E-state index in [-0.39, 0.29) is 5.91 Å². The Hall–Kier alpha value is -0.570. The number of hydrogen-bond acceptors (Lipinski definition) is 2. The second-order valence-corrected chi connectivity index (χ2v) is 7.56. The third-order valence-electron chi connectivity index (χ3n) is 4.21. The van der Waals surface area contributed by atoms with Crippen LogP contribution >= 0.6 is 0 Å². The summed E-state index contributed by atoms with van der Waals surface area (Å²) in [5.41, 5.74) is 0.745. The van der Waals surface area contributed by atoms with Gasteiger partial charge in [-0.1, -0.05) is 27.7 Å². The molecule has 1 aliphatic rings. The van der Waals surface area contributed by atoms with E-state index in [0.717, 1.165) is 13.1 Å². The molecule has 19 heavy (non-hydrogen) atoms. The summed E-state index contributed by atoms with van der Waals surface area (Å²) in [6.07, 6.45) is 3.60. The largest absolute Gasteiger partial charge is 0.342 e. The van der Waals surface area contributed by atoms with Gasteiger partial charge in [0.15, 0.2) is 0 Å². The molecule has 0 bridgehead atoms. The Morgan fingerprint density at radius 2 is 1.58 bits per heavy atom. The van der Waals surface area contributed by atoms with Gasteiger partial charge in [0.25, 0.3) is 0 Å². The van der Waals surface area contributed by atoms with Crippen LogP contribution in [0.3, 0.4) is 0 Å². The van der Waals surface area contributed by atoms with Crippen molar-refractivity contribution in [2.75, 3.05) is 19.6 Å². The smallest absolute Gasteiger partial charge is 0.236 e. The van der Waals surface area contributed by atoms with Crippen molar-refractivity contribution < 1.29 is 4.79 Å². The first-order valence-corrected chi connectivity index (χ1v) is 7.70. The van der Waals surface area contributed by atoms with Gasteiger partial charge in [-0.05, 0) is 43.9 Å². The first-order valence-electron chi connectivity index (χ1n) is 7.70. The molecule has 0 radical (unpaired) electrons. The molecule has 3 heteroatoms. The summed E-state index contributed by atoms with van der Waals surface area (Å²) in [4.78, 5) is 13.9. The van der Waals surface area contributed by atoms with E-state index in [0.29, 0.717) is 23.4 Å². The highest BCUT2D eigenvalue weighted by molar-refractivity contribution is 5.78. The van der Waals surface area contributed by atoms with Crippen LogP contribution in [-0.4, -0.2) is 36.5 Å². The Morgan fingerprint density at radius 3 is 2.00 bits per heavy atom. The molecule has 0 aromatic carbocycles. The van der Waals surface area contributed by atoms with Gasteiger partial charge in [-0.15, -0.1) is 0 Å². The molecule has 1 amide bonds. The van der Waals surface area contributed by atoms with Crippen LogP contribution in [0.4, 0.5) is 0 Å². The molecule has 0 heterocycles. The predicted molar refractivity (Wildman–Crippen MR) is 81.1 cm³/mol. The number of carbonyl (C=O) groups excluding carboxylic acids is 1. The van der Waals surface area contributed by atoms with Gasteiger partial charge in [0, 0.05) is 19.1 Å². The normalized spacial score (nSPS) is 22.2. The van der Waals surface area contributed by atoms with Crippen LogP contribution in [0.15, 0.2) is 0 Å². The Balaban J connectivity index is 2.51. The molecule has 1 saturated carbocycles. The SMILES string of the molecule is CCN(CC)C(=O)CNC1CC(C)(C)CC(C)(C)C1. The standard InChI is InChI=1S/C16H32N2O/c1-7-18(8-2)14(19)11-17-13-9-15(3,4)12-16(5,6)10-13/h13,17H,7-12H2,1-6H3. The van der Waals surface area contributed by atoms with Crippen LogP contribution in [0.2, 0.25) is 0 Å². The van der Waals surface area contributed by atoms with E-state index in [4.69, 9.17) is 0 Å². The maximum absolute atomic E-state index is 12.0. The Morgan fingerprint density at radius 1 is 1.11 bits per heavy atom. The van der Waals surface area contributed by atoms with E-state index in [2.05, 4.69) is 33.0 Å². The second-order valence-electron chi connectivity index (χ2n) is 7.56. The lowest BCUT2D eigenvalue weighted by Crippen LogP contribution is -2.47. The fourth-order valence-electron chi connectivity index (χ4n) is 3.91. The molecule has 0 unspecified atom stereocenters. The van der Waals surface area contributed by atoms with Crippen LogP contribution in [-0.2, 0) is 4.79 Å². The summed E-state index contributed by atoms with van der Waals surface area (Å²) >= 11 is 0. The van der Waals surface area contributed by atoms with E-state index in [1.54, 1.807) is 0 Å². The van der Waals surface area contributed by atoms with Gasteiger partial charge in [0.2, 0.25) is 5.91 Å². The zero-order chi connectivity index (χ0) is 14.7. The Labute approximate surface area is 119 Å². The number of likely N-dealkylation sites (N-methyl/N-ethyl adjacent to an activating group) is 1. The number of amides is 1. The molecule has 0 aromatic rings. The second kappa shape index (κ2) is 6.25. The molecule has 0 aromatic heterocycles. The van der Waals surface area contributed by atoms with Crippen molar-refractivity contribution in [3.05, 3.63) is 0 Å². The van der Waals surface area contributed by atoms with Gasteiger partial charge in [-0.2, -0.15) is 0 Å².